The van der Waals surface area contributed by atoms with Crippen LogP contribution < -0.4 is 19.7 Å². The van der Waals surface area contributed by atoms with Gasteiger partial charge in [0, 0.05) is 11.8 Å². The lowest BCUT2D eigenvalue weighted by molar-refractivity contribution is 0.234. The molecule has 28 heavy (non-hydrogen) atoms. The molecule has 0 aliphatic rings. The highest BCUT2D eigenvalue weighted by Gasteiger charge is 2.13. The van der Waals surface area contributed by atoms with Crippen LogP contribution in [0.25, 0.3) is 0 Å². The summed E-state index contributed by atoms with van der Waals surface area (Å²) in [6.45, 7) is 0.309. The average molecular weight is 379 g/mol. The SMILES string of the molecule is COc1ccc(Oc2ncccc2C(=NCc2ccccc2OC)NO)cc1. The van der Waals surface area contributed by atoms with Crippen molar-refractivity contribution in [2.45, 2.75) is 6.54 Å². The van der Waals surface area contributed by atoms with Gasteiger partial charge in [0.05, 0.1) is 26.3 Å². The number of rotatable bonds is 7. The van der Waals surface area contributed by atoms with Crippen molar-refractivity contribution in [2.75, 3.05) is 14.2 Å². The Morgan fingerprint density at radius 1 is 0.964 bits per heavy atom. The molecule has 144 valence electrons. The first-order valence-electron chi connectivity index (χ1n) is 8.59. The maximum atomic E-state index is 9.63. The second-order valence-corrected chi connectivity index (χ2v) is 5.72. The van der Waals surface area contributed by atoms with Gasteiger partial charge in [0.25, 0.3) is 0 Å². The molecule has 3 aromatic rings. The lowest BCUT2D eigenvalue weighted by Gasteiger charge is -2.12. The monoisotopic (exact) mass is 379 g/mol. The van der Waals surface area contributed by atoms with E-state index >= 15 is 0 Å². The third-order valence-corrected chi connectivity index (χ3v) is 4.01. The molecule has 1 aromatic heterocycles. The van der Waals surface area contributed by atoms with Crippen LogP contribution in [0.3, 0.4) is 0 Å². The molecule has 0 saturated heterocycles. The van der Waals surface area contributed by atoms with Gasteiger partial charge in [-0.1, -0.05) is 18.2 Å². The molecule has 0 amide bonds. The van der Waals surface area contributed by atoms with Crippen molar-refractivity contribution in [3.05, 3.63) is 78.0 Å². The molecule has 3 rings (SSSR count). The Labute approximate surface area is 163 Å². The van der Waals surface area contributed by atoms with Crippen molar-refractivity contribution < 1.29 is 19.4 Å². The third kappa shape index (κ3) is 4.57. The van der Waals surface area contributed by atoms with Crippen LogP contribution in [0.1, 0.15) is 11.1 Å². The predicted octanol–water partition coefficient (Wildman–Crippen LogP) is 3.82. The van der Waals surface area contributed by atoms with Crippen LogP contribution in [0.4, 0.5) is 0 Å². The average Bonchev–Trinajstić information content (AvgIpc) is 2.76. The quantitative estimate of drug-likeness (QED) is 0.369. The highest BCUT2D eigenvalue weighted by molar-refractivity contribution is 6.00. The summed E-state index contributed by atoms with van der Waals surface area (Å²) < 4.78 is 16.4. The summed E-state index contributed by atoms with van der Waals surface area (Å²) in [6.07, 6.45) is 1.61. The zero-order chi connectivity index (χ0) is 19.8. The molecule has 0 radical (unpaired) electrons. The number of aromatic nitrogens is 1. The standard InChI is InChI=1S/C21H21N3O4/c1-26-16-9-11-17(12-10-16)28-21-18(7-5-13-22-21)20(24-25)23-14-15-6-3-4-8-19(15)27-2/h3-13,25H,14H2,1-2H3,(H,23,24). The van der Waals surface area contributed by atoms with Crippen molar-refractivity contribution >= 4 is 5.84 Å². The molecule has 7 nitrogen and oxygen atoms in total. The van der Waals surface area contributed by atoms with Gasteiger partial charge in [-0.05, 0) is 42.5 Å². The number of methoxy groups -OCH3 is 2. The van der Waals surface area contributed by atoms with E-state index < -0.39 is 0 Å². The molecule has 0 bridgehead atoms. The van der Waals surface area contributed by atoms with Gasteiger partial charge in [-0.2, -0.15) is 0 Å². The van der Waals surface area contributed by atoms with Crippen molar-refractivity contribution in [1.82, 2.24) is 10.5 Å². The number of hydroxylamine groups is 1. The smallest absolute Gasteiger partial charge is 0.230 e. The van der Waals surface area contributed by atoms with E-state index in [2.05, 4.69) is 15.5 Å². The van der Waals surface area contributed by atoms with E-state index in [9.17, 15) is 5.21 Å². The predicted molar refractivity (Wildman–Crippen MR) is 105 cm³/mol. The van der Waals surface area contributed by atoms with Gasteiger partial charge in [0.15, 0.2) is 5.84 Å². The third-order valence-electron chi connectivity index (χ3n) is 4.01. The van der Waals surface area contributed by atoms with E-state index in [1.165, 1.54) is 0 Å². The lowest BCUT2D eigenvalue weighted by atomic mass is 10.2. The van der Waals surface area contributed by atoms with Gasteiger partial charge >= 0.3 is 0 Å². The molecule has 0 atom stereocenters. The molecule has 0 saturated carbocycles. The molecule has 1 heterocycles. The number of para-hydroxylation sites is 1. The molecule has 0 fully saturated rings. The van der Waals surface area contributed by atoms with Crippen LogP contribution in [0.5, 0.6) is 23.1 Å². The molecule has 0 aliphatic carbocycles. The molecule has 0 unspecified atom stereocenters. The van der Waals surface area contributed by atoms with Crippen molar-refractivity contribution in [3.8, 4) is 23.1 Å². The summed E-state index contributed by atoms with van der Waals surface area (Å²) in [5, 5.41) is 9.63. The van der Waals surface area contributed by atoms with Gasteiger partial charge in [0.1, 0.15) is 17.2 Å². The second-order valence-electron chi connectivity index (χ2n) is 5.72. The number of pyridine rings is 1. The fourth-order valence-electron chi connectivity index (χ4n) is 2.59. The van der Waals surface area contributed by atoms with Crippen LogP contribution in [0, 0.1) is 0 Å². The summed E-state index contributed by atoms with van der Waals surface area (Å²) >= 11 is 0. The lowest BCUT2D eigenvalue weighted by Crippen LogP contribution is -2.21. The van der Waals surface area contributed by atoms with Gasteiger partial charge in [-0.3, -0.25) is 15.7 Å². The Morgan fingerprint density at radius 2 is 1.71 bits per heavy atom. The summed E-state index contributed by atoms with van der Waals surface area (Å²) in [4.78, 5) is 8.72. The zero-order valence-corrected chi connectivity index (χ0v) is 15.6. The molecular weight excluding hydrogens is 358 g/mol. The van der Waals surface area contributed by atoms with E-state index in [4.69, 9.17) is 14.2 Å². The van der Waals surface area contributed by atoms with Gasteiger partial charge in [-0.25, -0.2) is 4.98 Å². The minimum atomic E-state index is 0.238. The molecule has 0 aliphatic heterocycles. The minimum Gasteiger partial charge on any atom is -0.497 e. The van der Waals surface area contributed by atoms with Crippen LogP contribution >= 0.6 is 0 Å². The maximum absolute atomic E-state index is 9.63. The minimum absolute atomic E-state index is 0.238. The fourth-order valence-corrected chi connectivity index (χ4v) is 2.59. The van der Waals surface area contributed by atoms with Crippen LogP contribution in [-0.2, 0) is 6.54 Å². The summed E-state index contributed by atoms with van der Waals surface area (Å²) in [6, 6.07) is 18.2. The largest absolute Gasteiger partial charge is 0.497 e. The van der Waals surface area contributed by atoms with Crippen molar-refractivity contribution in [3.63, 3.8) is 0 Å². The van der Waals surface area contributed by atoms with Gasteiger partial charge in [0.2, 0.25) is 5.88 Å². The Hall–Kier alpha value is -3.58. The summed E-state index contributed by atoms with van der Waals surface area (Å²) in [7, 11) is 3.21. The number of benzene rings is 2. The van der Waals surface area contributed by atoms with Crippen molar-refractivity contribution in [2.24, 2.45) is 4.99 Å². The first-order chi connectivity index (χ1) is 13.7. The number of ether oxygens (including phenoxy) is 3. The number of nitrogens with zero attached hydrogens (tertiary/aromatic N) is 2. The van der Waals surface area contributed by atoms with Gasteiger partial charge < -0.3 is 14.2 Å². The number of nitrogens with one attached hydrogen (secondary N) is 1. The van der Waals surface area contributed by atoms with Gasteiger partial charge in [-0.15, -0.1) is 0 Å². The Kier molecular flexibility index (Phi) is 6.43. The topological polar surface area (TPSA) is 85.2 Å². The number of amidine groups is 1. The normalized spacial score (nSPS) is 11.0. The molecule has 0 spiro atoms. The van der Waals surface area contributed by atoms with E-state index in [1.807, 2.05) is 24.3 Å². The molecular formula is C21H21N3O4. The molecule has 2 N–H and O–H groups in total. The number of hydrogen-bond donors (Lipinski definition) is 2. The number of aliphatic imine (C=N–C) groups is 1. The summed E-state index contributed by atoms with van der Waals surface area (Å²) in [5.41, 5.74) is 3.55. The van der Waals surface area contributed by atoms with Crippen LogP contribution in [0.15, 0.2) is 71.9 Å². The van der Waals surface area contributed by atoms with Crippen LogP contribution in [-0.4, -0.2) is 30.2 Å². The number of hydrogen-bond acceptors (Lipinski definition) is 6. The van der Waals surface area contributed by atoms with Crippen molar-refractivity contribution in [1.29, 1.82) is 0 Å². The first-order valence-corrected chi connectivity index (χ1v) is 8.59. The molecule has 7 heteroatoms. The first kappa shape index (κ1) is 19.2. The van der Waals surface area contributed by atoms with E-state index in [0.29, 0.717) is 23.7 Å². The fraction of sp³-hybridized carbons (Fsp3) is 0.143. The Morgan fingerprint density at radius 3 is 2.43 bits per heavy atom. The zero-order valence-electron chi connectivity index (χ0n) is 15.6. The Balaban J connectivity index is 1.86. The Bertz CT molecular complexity index is 942. The summed E-state index contributed by atoms with van der Waals surface area (Å²) in [5.74, 6) is 2.59. The maximum Gasteiger partial charge on any atom is 0.230 e. The van der Waals surface area contributed by atoms with E-state index in [0.717, 1.165) is 17.1 Å². The van der Waals surface area contributed by atoms with E-state index in [1.54, 1.807) is 56.8 Å². The highest BCUT2D eigenvalue weighted by Crippen LogP contribution is 2.25. The van der Waals surface area contributed by atoms with Crippen LogP contribution in [0.2, 0.25) is 0 Å². The highest BCUT2D eigenvalue weighted by atomic mass is 16.5. The van der Waals surface area contributed by atoms with E-state index in [-0.39, 0.29) is 5.84 Å². The molecule has 2 aromatic carbocycles. The second kappa shape index (κ2) is 9.38.